The van der Waals surface area contributed by atoms with Crippen LogP contribution in [0, 0.1) is 16.7 Å². The van der Waals surface area contributed by atoms with Gasteiger partial charge < -0.3 is 10.6 Å². The SMILES string of the molecule is CC(C)S(=O)(=O)c1ccc(N2CCCCCC2)cc1N/N=C(\C#N)C(=N)N. The molecule has 2 rings (SSSR count). The summed E-state index contributed by atoms with van der Waals surface area (Å²) in [6.45, 7) is 5.05. The summed E-state index contributed by atoms with van der Waals surface area (Å²) in [6.07, 6.45) is 4.57. The lowest BCUT2D eigenvalue weighted by Gasteiger charge is -2.24. The van der Waals surface area contributed by atoms with E-state index in [0.717, 1.165) is 31.6 Å². The largest absolute Gasteiger partial charge is 0.382 e. The van der Waals surface area contributed by atoms with Crippen LogP contribution in [0.5, 0.6) is 0 Å². The Morgan fingerprint density at radius 3 is 2.44 bits per heavy atom. The molecule has 27 heavy (non-hydrogen) atoms. The van der Waals surface area contributed by atoms with Crippen molar-refractivity contribution in [3.63, 3.8) is 0 Å². The Bertz CT molecular complexity index is 862. The van der Waals surface area contributed by atoms with Crippen molar-refractivity contribution in [2.24, 2.45) is 10.8 Å². The molecule has 1 aliphatic rings. The number of sulfone groups is 1. The molecule has 1 saturated heterocycles. The number of nitriles is 1. The Kier molecular flexibility index (Phi) is 6.80. The van der Waals surface area contributed by atoms with E-state index in [-0.39, 0.29) is 16.3 Å². The van der Waals surface area contributed by atoms with Crippen LogP contribution >= 0.6 is 0 Å². The van der Waals surface area contributed by atoms with Gasteiger partial charge in [0.25, 0.3) is 0 Å². The monoisotopic (exact) mass is 390 g/mol. The molecule has 1 fully saturated rings. The molecule has 9 heteroatoms. The van der Waals surface area contributed by atoms with Crippen molar-refractivity contribution in [1.29, 1.82) is 10.7 Å². The van der Waals surface area contributed by atoms with E-state index < -0.39 is 20.9 Å². The number of hydrogen-bond donors (Lipinski definition) is 3. The van der Waals surface area contributed by atoms with E-state index in [9.17, 15) is 8.42 Å². The first-order valence-electron chi connectivity index (χ1n) is 8.98. The van der Waals surface area contributed by atoms with Crippen molar-refractivity contribution in [2.75, 3.05) is 23.4 Å². The minimum atomic E-state index is -3.56. The van der Waals surface area contributed by atoms with Gasteiger partial charge in [0.15, 0.2) is 15.7 Å². The lowest BCUT2D eigenvalue weighted by atomic mass is 10.2. The van der Waals surface area contributed by atoms with Crippen LogP contribution in [0.4, 0.5) is 11.4 Å². The van der Waals surface area contributed by atoms with Gasteiger partial charge in [-0.25, -0.2) is 8.42 Å². The normalized spacial score (nSPS) is 15.9. The van der Waals surface area contributed by atoms with Crippen LogP contribution < -0.4 is 16.1 Å². The Hall–Kier alpha value is -2.60. The second-order valence-electron chi connectivity index (χ2n) is 6.77. The Morgan fingerprint density at radius 2 is 1.93 bits per heavy atom. The minimum absolute atomic E-state index is 0.112. The molecule has 0 bridgehead atoms. The minimum Gasteiger partial charge on any atom is -0.382 e. The second-order valence-corrected chi connectivity index (χ2v) is 9.25. The number of hydrazone groups is 1. The fourth-order valence-corrected chi connectivity index (χ4v) is 4.07. The molecule has 0 spiro atoms. The molecule has 0 unspecified atom stereocenters. The molecule has 0 aliphatic carbocycles. The lowest BCUT2D eigenvalue weighted by Crippen LogP contribution is -2.24. The van der Waals surface area contributed by atoms with Crippen LogP contribution in [-0.2, 0) is 9.84 Å². The highest BCUT2D eigenvalue weighted by Crippen LogP contribution is 2.31. The van der Waals surface area contributed by atoms with Crippen LogP contribution in [0.15, 0.2) is 28.2 Å². The summed E-state index contributed by atoms with van der Waals surface area (Å²) in [5.74, 6) is -0.484. The van der Waals surface area contributed by atoms with Gasteiger partial charge in [-0.2, -0.15) is 10.4 Å². The van der Waals surface area contributed by atoms with Crippen molar-refractivity contribution in [3.8, 4) is 6.07 Å². The van der Waals surface area contributed by atoms with E-state index in [1.165, 1.54) is 12.8 Å². The van der Waals surface area contributed by atoms with Crippen molar-refractivity contribution in [2.45, 2.75) is 49.7 Å². The fraction of sp³-hybridized carbons (Fsp3) is 0.500. The van der Waals surface area contributed by atoms with Crippen molar-refractivity contribution in [3.05, 3.63) is 18.2 Å². The molecule has 4 N–H and O–H groups in total. The van der Waals surface area contributed by atoms with Gasteiger partial charge in [-0.3, -0.25) is 10.8 Å². The standard InChI is InChI=1S/C18H26N6O2S/c1-13(2)27(25,26)17-8-7-14(24-9-5-3-4-6-10-24)11-15(17)22-23-16(12-19)18(20)21/h7-8,11,13,22H,3-6,9-10H2,1-2H3,(H3,20,21)/b23-16+. The average Bonchev–Trinajstić information content (AvgIpc) is 2.91. The van der Waals surface area contributed by atoms with Crippen LogP contribution in [0.25, 0.3) is 0 Å². The van der Waals surface area contributed by atoms with Gasteiger partial charge in [0.1, 0.15) is 6.07 Å². The molecule has 1 aromatic carbocycles. The summed E-state index contributed by atoms with van der Waals surface area (Å²) in [5, 5.41) is 19.6. The third-order valence-corrected chi connectivity index (χ3v) is 6.72. The molecule has 0 radical (unpaired) electrons. The summed E-state index contributed by atoms with van der Waals surface area (Å²) < 4.78 is 25.4. The van der Waals surface area contributed by atoms with Gasteiger partial charge in [0.2, 0.25) is 5.71 Å². The molecule has 0 amide bonds. The molecule has 0 saturated carbocycles. The number of nitrogens with two attached hydrogens (primary N) is 1. The van der Waals surface area contributed by atoms with Gasteiger partial charge >= 0.3 is 0 Å². The molecular formula is C18H26N6O2S. The van der Waals surface area contributed by atoms with Gasteiger partial charge in [0.05, 0.1) is 15.8 Å². The number of hydrogen-bond acceptors (Lipinski definition) is 7. The third-order valence-electron chi connectivity index (χ3n) is 4.51. The predicted molar refractivity (Wildman–Crippen MR) is 108 cm³/mol. The third kappa shape index (κ3) is 4.98. The highest BCUT2D eigenvalue weighted by Gasteiger charge is 2.24. The lowest BCUT2D eigenvalue weighted by molar-refractivity contribution is 0.587. The molecule has 146 valence electrons. The van der Waals surface area contributed by atoms with E-state index in [1.54, 1.807) is 32.0 Å². The van der Waals surface area contributed by atoms with Crippen LogP contribution in [-0.4, -0.2) is 38.3 Å². The summed E-state index contributed by atoms with van der Waals surface area (Å²) in [6, 6.07) is 6.84. The Labute approximate surface area is 160 Å². The zero-order valence-electron chi connectivity index (χ0n) is 15.7. The summed E-state index contributed by atoms with van der Waals surface area (Å²) >= 11 is 0. The number of nitrogens with zero attached hydrogens (tertiary/aromatic N) is 3. The van der Waals surface area contributed by atoms with Gasteiger partial charge in [0, 0.05) is 18.8 Å². The maximum absolute atomic E-state index is 12.7. The number of amidine groups is 1. The average molecular weight is 391 g/mol. The molecule has 1 heterocycles. The Balaban J connectivity index is 2.48. The van der Waals surface area contributed by atoms with Crippen LogP contribution in [0.2, 0.25) is 0 Å². The van der Waals surface area contributed by atoms with E-state index in [1.807, 2.05) is 6.07 Å². The first-order valence-corrected chi connectivity index (χ1v) is 10.5. The summed E-state index contributed by atoms with van der Waals surface area (Å²) in [4.78, 5) is 2.34. The van der Waals surface area contributed by atoms with E-state index in [2.05, 4.69) is 15.4 Å². The van der Waals surface area contributed by atoms with E-state index >= 15 is 0 Å². The number of rotatable bonds is 6. The van der Waals surface area contributed by atoms with Gasteiger partial charge in [-0.1, -0.05) is 12.8 Å². The smallest absolute Gasteiger partial charge is 0.201 e. The number of nitrogens with one attached hydrogen (secondary N) is 2. The van der Waals surface area contributed by atoms with Crippen molar-refractivity contribution >= 4 is 32.8 Å². The van der Waals surface area contributed by atoms with E-state index in [0.29, 0.717) is 0 Å². The van der Waals surface area contributed by atoms with Gasteiger partial charge in [-0.05, 0) is 44.9 Å². The number of benzene rings is 1. The molecule has 0 aromatic heterocycles. The zero-order chi connectivity index (χ0) is 20.0. The molecule has 1 aliphatic heterocycles. The zero-order valence-corrected chi connectivity index (χ0v) is 16.5. The first-order chi connectivity index (χ1) is 12.8. The predicted octanol–water partition coefficient (Wildman–Crippen LogP) is 2.48. The fourth-order valence-electron chi connectivity index (χ4n) is 2.89. The van der Waals surface area contributed by atoms with Crippen LogP contribution in [0.1, 0.15) is 39.5 Å². The summed E-state index contributed by atoms with van der Waals surface area (Å²) in [7, 11) is -3.56. The van der Waals surface area contributed by atoms with E-state index in [4.69, 9.17) is 16.4 Å². The molecular weight excluding hydrogens is 364 g/mol. The topological polar surface area (TPSA) is 135 Å². The quantitative estimate of drug-likeness (QED) is 0.388. The highest BCUT2D eigenvalue weighted by molar-refractivity contribution is 7.92. The van der Waals surface area contributed by atoms with Gasteiger partial charge in [-0.15, -0.1) is 0 Å². The molecule has 1 aromatic rings. The van der Waals surface area contributed by atoms with Crippen molar-refractivity contribution < 1.29 is 8.42 Å². The maximum atomic E-state index is 12.7. The molecule has 8 nitrogen and oxygen atoms in total. The summed E-state index contributed by atoms with van der Waals surface area (Å²) in [5.41, 5.74) is 8.83. The molecule has 0 atom stereocenters. The first kappa shape index (κ1) is 20.7. The second kappa shape index (κ2) is 8.86. The number of anilines is 2. The maximum Gasteiger partial charge on any atom is 0.201 e. The Morgan fingerprint density at radius 1 is 1.30 bits per heavy atom. The highest BCUT2D eigenvalue weighted by atomic mass is 32.2. The van der Waals surface area contributed by atoms with Crippen LogP contribution in [0.3, 0.4) is 0 Å². The van der Waals surface area contributed by atoms with Crippen molar-refractivity contribution in [1.82, 2.24) is 0 Å².